The summed E-state index contributed by atoms with van der Waals surface area (Å²) in [4.78, 5) is 12.6. The average molecular weight is 762 g/mol. The number of ether oxygens (including phenoxy) is 4. The van der Waals surface area contributed by atoms with Crippen molar-refractivity contribution >= 4 is 5.91 Å². The van der Waals surface area contributed by atoms with Crippen molar-refractivity contribution in [3.63, 3.8) is 0 Å². The van der Waals surface area contributed by atoms with Crippen molar-refractivity contribution in [2.24, 2.45) is 0 Å². The number of hydrogen-bond donors (Lipinski definition) is 9. The maximum absolute atomic E-state index is 12.6. The Morgan fingerprint density at radius 1 is 0.660 bits per heavy atom. The lowest BCUT2D eigenvalue weighted by Gasteiger charge is -2.46. The van der Waals surface area contributed by atoms with Gasteiger partial charge in [-0.3, -0.25) is 4.79 Å². The van der Waals surface area contributed by atoms with Crippen molar-refractivity contribution < 1.29 is 64.6 Å². The Morgan fingerprint density at radius 3 is 1.83 bits per heavy atom. The predicted molar refractivity (Wildman–Crippen MR) is 198 cm³/mol. The summed E-state index contributed by atoms with van der Waals surface area (Å²) in [6.45, 7) is 2.47. The van der Waals surface area contributed by atoms with Crippen LogP contribution in [0.1, 0.15) is 123 Å². The molecule has 53 heavy (non-hydrogen) atoms. The average Bonchev–Trinajstić information content (AvgIpc) is 3.15. The van der Waals surface area contributed by atoms with Gasteiger partial charge in [-0.15, -0.1) is 0 Å². The molecule has 0 aromatic carbocycles. The molecule has 0 aliphatic carbocycles. The molecule has 2 heterocycles. The van der Waals surface area contributed by atoms with E-state index in [1.165, 1.54) is 70.6 Å². The number of hydrogen-bond acceptors (Lipinski definition) is 13. The van der Waals surface area contributed by atoms with Crippen LogP contribution >= 0.6 is 0 Å². The van der Waals surface area contributed by atoms with E-state index in [1.54, 1.807) is 6.08 Å². The van der Waals surface area contributed by atoms with E-state index in [0.29, 0.717) is 12.8 Å². The van der Waals surface area contributed by atoms with Crippen LogP contribution < -0.4 is 5.32 Å². The summed E-state index contributed by atoms with van der Waals surface area (Å²) in [5, 5.41) is 85.5. The van der Waals surface area contributed by atoms with E-state index in [2.05, 4.69) is 24.4 Å². The fourth-order valence-corrected chi connectivity index (χ4v) is 6.46. The Bertz CT molecular complexity index is 998. The van der Waals surface area contributed by atoms with E-state index in [-0.39, 0.29) is 18.9 Å². The molecule has 0 spiro atoms. The SMILES string of the molecule is CCCCCCCCCCCCC/C=C/CC/C=C/C(O)C(COC1OC(CO)C(OC2OC(CO)C(O)C(O)C2O)C(O)C1O)NC(=O)CCCC. The van der Waals surface area contributed by atoms with Gasteiger partial charge < -0.3 is 65.1 Å². The number of amides is 1. The highest BCUT2D eigenvalue weighted by atomic mass is 16.7. The molecule has 0 bridgehead atoms. The third-order valence-corrected chi connectivity index (χ3v) is 9.89. The van der Waals surface area contributed by atoms with Gasteiger partial charge in [0.2, 0.25) is 5.91 Å². The number of nitrogens with one attached hydrogen (secondary N) is 1. The second-order valence-electron chi connectivity index (χ2n) is 14.4. The lowest BCUT2D eigenvalue weighted by Crippen LogP contribution is -2.65. The highest BCUT2D eigenvalue weighted by Gasteiger charge is 2.50. The molecule has 14 nitrogen and oxygen atoms in total. The first-order valence-electron chi connectivity index (χ1n) is 20.1. The molecule has 2 aliphatic rings. The van der Waals surface area contributed by atoms with Crippen LogP contribution in [-0.2, 0) is 23.7 Å². The van der Waals surface area contributed by atoms with Crippen molar-refractivity contribution in [3.8, 4) is 0 Å². The van der Waals surface area contributed by atoms with Gasteiger partial charge in [0.05, 0.1) is 32.0 Å². The Kier molecular flexibility index (Phi) is 25.1. The molecular formula is C39H71NO13. The molecular weight excluding hydrogens is 690 g/mol. The van der Waals surface area contributed by atoms with Gasteiger partial charge in [-0.1, -0.05) is 109 Å². The molecule has 0 radical (unpaired) electrons. The Labute approximate surface area is 316 Å². The first-order valence-corrected chi connectivity index (χ1v) is 20.1. The van der Waals surface area contributed by atoms with E-state index < -0.39 is 86.8 Å². The second kappa shape index (κ2) is 28.0. The van der Waals surface area contributed by atoms with E-state index in [1.807, 2.05) is 13.0 Å². The molecule has 2 saturated heterocycles. The van der Waals surface area contributed by atoms with Crippen LogP contribution in [0.3, 0.4) is 0 Å². The van der Waals surface area contributed by atoms with Crippen molar-refractivity contribution in [2.45, 2.75) is 197 Å². The van der Waals surface area contributed by atoms with Crippen LogP contribution in [0.5, 0.6) is 0 Å². The molecule has 12 unspecified atom stereocenters. The summed E-state index contributed by atoms with van der Waals surface area (Å²) in [7, 11) is 0. The van der Waals surface area contributed by atoms with Gasteiger partial charge in [0, 0.05) is 6.42 Å². The molecule has 310 valence electrons. The number of carbonyl (C=O) groups excluding carboxylic acids is 1. The summed E-state index contributed by atoms with van der Waals surface area (Å²) in [6, 6.07) is -0.921. The molecule has 2 rings (SSSR count). The monoisotopic (exact) mass is 761 g/mol. The second-order valence-corrected chi connectivity index (χ2v) is 14.4. The Morgan fingerprint density at radius 2 is 1.21 bits per heavy atom. The maximum atomic E-state index is 12.6. The summed E-state index contributed by atoms with van der Waals surface area (Å²) < 4.78 is 22.3. The van der Waals surface area contributed by atoms with Gasteiger partial charge >= 0.3 is 0 Å². The number of unbranched alkanes of at least 4 members (excludes halogenated alkanes) is 13. The Balaban J connectivity index is 1.83. The highest BCUT2D eigenvalue weighted by molar-refractivity contribution is 5.76. The summed E-state index contributed by atoms with van der Waals surface area (Å²) in [6.07, 6.45) is 9.48. The fraction of sp³-hybridized carbons (Fsp3) is 0.872. The van der Waals surface area contributed by atoms with E-state index in [9.17, 15) is 45.6 Å². The number of carbonyl (C=O) groups is 1. The summed E-state index contributed by atoms with van der Waals surface area (Å²) >= 11 is 0. The minimum atomic E-state index is -1.78. The summed E-state index contributed by atoms with van der Waals surface area (Å²) in [5.41, 5.74) is 0. The van der Waals surface area contributed by atoms with Crippen molar-refractivity contribution in [1.29, 1.82) is 0 Å². The van der Waals surface area contributed by atoms with Gasteiger partial charge in [-0.25, -0.2) is 0 Å². The zero-order valence-corrected chi connectivity index (χ0v) is 32.0. The van der Waals surface area contributed by atoms with Crippen LogP contribution in [0.15, 0.2) is 24.3 Å². The number of allylic oxidation sites excluding steroid dienone is 3. The van der Waals surface area contributed by atoms with Gasteiger partial charge in [-0.2, -0.15) is 0 Å². The fourth-order valence-electron chi connectivity index (χ4n) is 6.46. The van der Waals surface area contributed by atoms with E-state index >= 15 is 0 Å². The van der Waals surface area contributed by atoms with Crippen molar-refractivity contribution in [2.75, 3.05) is 19.8 Å². The molecule has 2 fully saturated rings. The summed E-state index contributed by atoms with van der Waals surface area (Å²) in [5.74, 6) is -0.287. The number of aliphatic hydroxyl groups is 8. The zero-order valence-electron chi connectivity index (χ0n) is 32.0. The van der Waals surface area contributed by atoms with Gasteiger partial charge in [0.25, 0.3) is 0 Å². The molecule has 0 aromatic heterocycles. The minimum absolute atomic E-state index is 0.248. The smallest absolute Gasteiger partial charge is 0.220 e. The molecule has 1 amide bonds. The minimum Gasteiger partial charge on any atom is -0.394 e. The van der Waals surface area contributed by atoms with Crippen LogP contribution in [0.2, 0.25) is 0 Å². The quantitative estimate of drug-likeness (QED) is 0.0413. The molecule has 9 N–H and O–H groups in total. The predicted octanol–water partition coefficient (Wildman–Crippen LogP) is 2.26. The topological polar surface area (TPSA) is 228 Å². The molecule has 0 saturated carbocycles. The normalized spacial score (nSPS) is 30.6. The lowest BCUT2D eigenvalue weighted by atomic mass is 9.97. The van der Waals surface area contributed by atoms with Crippen LogP contribution in [0.4, 0.5) is 0 Å². The molecule has 12 atom stereocenters. The number of aliphatic hydroxyl groups excluding tert-OH is 8. The van der Waals surface area contributed by atoms with Crippen LogP contribution in [0, 0.1) is 0 Å². The van der Waals surface area contributed by atoms with Gasteiger partial charge in [0.15, 0.2) is 12.6 Å². The van der Waals surface area contributed by atoms with Crippen LogP contribution in [0.25, 0.3) is 0 Å². The maximum Gasteiger partial charge on any atom is 0.220 e. The first kappa shape index (κ1) is 47.6. The van der Waals surface area contributed by atoms with E-state index in [4.69, 9.17) is 18.9 Å². The van der Waals surface area contributed by atoms with Gasteiger partial charge in [-0.05, 0) is 32.1 Å². The third kappa shape index (κ3) is 17.4. The first-order chi connectivity index (χ1) is 25.6. The Hall–Kier alpha value is -1.53. The van der Waals surface area contributed by atoms with Crippen molar-refractivity contribution in [3.05, 3.63) is 24.3 Å². The molecule has 14 heteroatoms. The standard InChI is InChI=1S/C39H71NO13/c1-3-5-7-8-9-10-11-12-13-14-15-16-17-18-19-20-21-22-28(43)27(40-31(44)23-6-4-2)26-50-38-36(49)34(47)37(30(25-42)52-38)53-39-35(48)33(46)32(45)29(24-41)51-39/h17-18,21-22,27-30,32-39,41-43,45-49H,3-16,19-20,23-26H2,1-2H3,(H,40,44)/b18-17+,22-21+. The molecule has 2 aliphatic heterocycles. The van der Waals surface area contributed by atoms with E-state index in [0.717, 1.165) is 19.3 Å². The third-order valence-electron chi connectivity index (χ3n) is 9.89. The highest BCUT2D eigenvalue weighted by Crippen LogP contribution is 2.29. The lowest BCUT2D eigenvalue weighted by molar-refractivity contribution is -0.359. The molecule has 0 aromatic rings. The zero-order chi connectivity index (χ0) is 39.0. The van der Waals surface area contributed by atoms with Gasteiger partial charge in [0.1, 0.15) is 48.8 Å². The number of rotatable bonds is 28. The van der Waals surface area contributed by atoms with Crippen molar-refractivity contribution in [1.82, 2.24) is 5.32 Å². The van der Waals surface area contributed by atoms with Crippen LogP contribution in [-0.4, -0.2) is 140 Å². The largest absolute Gasteiger partial charge is 0.394 e.